The van der Waals surface area contributed by atoms with E-state index in [1.54, 1.807) is 6.08 Å². The average Bonchev–Trinajstić information content (AvgIpc) is 2.53. The van der Waals surface area contributed by atoms with Crippen molar-refractivity contribution in [3.8, 4) is 5.75 Å². The second kappa shape index (κ2) is 8.39. The monoisotopic (exact) mass is 344 g/mol. The number of rotatable bonds is 5. The average molecular weight is 344 g/mol. The van der Waals surface area contributed by atoms with Gasteiger partial charge in [0.15, 0.2) is 0 Å². The van der Waals surface area contributed by atoms with Gasteiger partial charge in [0.2, 0.25) is 0 Å². The van der Waals surface area contributed by atoms with Crippen LogP contribution in [0, 0.1) is 13.8 Å². The third kappa shape index (κ3) is 4.99. The van der Waals surface area contributed by atoms with Gasteiger partial charge in [-0.1, -0.05) is 24.3 Å². The van der Waals surface area contributed by atoms with Crippen molar-refractivity contribution in [1.82, 2.24) is 0 Å². The second-order valence-corrected chi connectivity index (χ2v) is 6.26. The van der Waals surface area contributed by atoms with Crippen LogP contribution in [-0.4, -0.2) is 5.97 Å². The molecule has 2 aromatic rings. The van der Waals surface area contributed by atoms with E-state index < -0.39 is 0 Å². The van der Waals surface area contributed by atoms with Crippen molar-refractivity contribution in [2.75, 3.05) is 0 Å². The molecule has 23 heavy (non-hydrogen) atoms. The molecule has 2 unspecified atom stereocenters. The molecule has 0 radical (unpaired) electrons. The first-order valence-electron chi connectivity index (χ1n) is 7.52. The van der Waals surface area contributed by atoms with E-state index >= 15 is 0 Å². The molecule has 0 bridgehead atoms. The van der Waals surface area contributed by atoms with E-state index in [2.05, 4.69) is 44.5 Å². The van der Waals surface area contributed by atoms with E-state index in [1.807, 2.05) is 24.3 Å². The molecule has 0 N–H and O–H groups in total. The quantitative estimate of drug-likeness (QED) is 0.341. The van der Waals surface area contributed by atoms with Gasteiger partial charge in [-0.2, -0.15) is 0 Å². The summed E-state index contributed by atoms with van der Waals surface area (Å²) in [7, 11) is 5.42. The van der Waals surface area contributed by atoms with Crippen molar-refractivity contribution in [2.45, 2.75) is 26.2 Å². The van der Waals surface area contributed by atoms with Crippen LogP contribution < -0.4 is 4.74 Å². The van der Waals surface area contributed by atoms with Crippen molar-refractivity contribution in [3.63, 3.8) is 0 Å². The molecule has 2 aromatic carbocycles. The van der Waals surface area contributed by atoms with Crippen molar-refractivity contribution in [2.24, 2.45) is 0 Å². The van der Waals surface area contributed by atoms with Crippen LogP contribution >= 0.6 is 18.5 Å². The molecule has 2 atom stereocenters. The van der Waals surface area contributed by atoms with Gasteiger partial charge >= 0.3 is 5.97 Å². The highest BCUT2D eigenvalue weighted by molar-refractivity contribution is 7.15. The topological polar surface area (TPSA) is 26.3 Å². The Hall–Kier alpha value is -1.49. The summed E-state index contributed by atoms with van der Waals surface area (Å²) in [5.41, 5.74) is 6.01. The molecule has 2 nitrogen and oxygen atoms in total. The first kappa shape index (κ1) is 17.9. The Labute approximate surface area is 142 Å². The zero-order valence-corrected chi connectivity index (χ0v) is 15.8. The molecule has 120 valence electrons. The number of hydrogen-bond donors (Lipinski definition) is 0. The molecule has 0 heterocycles. The standard InChI is InChI=1S/C19H22O2P2/c1-13-9-16(10-14(2)18(13)12-23)5-8-19(20)21-17-6-3-15(11-22)4-7-17/h3-10H,11-12,22-23H2,1-2H3/b8-5+. The summed E-state index contributed by atoms with van der Waals surface area (Å²) in [5.74, 6) is 0.196. The fourth-order valence-corrected chi connectivity index (χ4v) is 3.37. The Balaban J connectivity index is 2.05. The van der Waals surface area contributed by atoms with Crippen molar-refractivity contribution in [3.05, 3.63) is 70.3 Å². The first-order valence-corrected chi connectivity index (χ1v) is 9.16. The molecule has 0 saturated heterocycles. The minimum absolute atomic E-state index is 0.367. The van der Waals surface area contributed by atoms with Crippen molar-refractivity contribution >= 4 is 30.5 Å². The van der Waals surface area contributed by atoms with E-state index in [0.717, 1.165) is 17.9 Å². The summed E-state index contributed by atoms with van der Waals surface area (Å²) >= 11 is 0. The summed E-state index contributed by atoms with van der Waals surface area (Å²) in [6.45, 7) is 4.19. The van der Waals surface area contributed by atoms with Crippen LogP contribution in [0.15, 0.2) is 42.5 Å². The van der Waals surface area contributed by atoms with Gasteiger partial charge in [0.05, 0.1) is 0 Å². The number of hydrogen-bond acceptors (Lipinski definition) is 2. The first-order chi connectivity index (χ1) is 11.0. The van der Waals surface area contributed by atoms with E-state index in [-0.39, 0.29) is 5.97 Å². The SMILES string of the molecule is Cc1cc(/C=C/C(=O)Oc2ccc(CP)cc2)cc(C)c1CP. The van der Waals surface area contributed by atoms with Crippen molar-refractivity contribution in [1.29, 1.82) is 0 Å². The number of carbonyl (C=O) groups is 1. The molecule has 0 saturated carbocycles. The zero-order chi connectivity index (χ0) is 16.8. The van der Waals surface area contributed by atoms with Gasteiger partial charge < -0.3 is 4.74 Å². The van der Waals surface area contributed by atoms with Gasteiger partial charge in [0, 0.05) is 6.08 Å². The summed E-state index contributed by atoms with van der Waals surface area (Å²) in [6, 6.07) is 11.7. The summed E-state index contributed by atoms with van der Waals surface area (Å²) in [6.07, 6.45) is 5.10. The molecular weight excluding hydrogens is 322 g/mol. The van der Waals surface area contributed by atoms with Gasteiger partial charge in [-0.25, -0.2) is 4.79 Å². The Morgan fingerprint density at radius 2 is 1.65 bits per heavy atom. The molecule has 0 aromatic heterocycles. The van der Waals surface area contributed by atoms with Gasteiger partial charge in [0.25, 0.3) is 0 Å². The third-order valence-corrected chi connectivity index (χ3v) is 4.59. The third-order valence-electron chi connectivity index (χ3n) is 3.71. The lowest BCUT2D eigenvalue weighted by Gasteiger charge is -2.08. The maximum atomic E-state index is 11.9. The number of ether oxygens (including phenoxy) is 1. The number of esters is 1. The summed E-state index contributed by atoms with van der Waals surface area (Å²) in [4.78, 5) is 11.9. The smallest absolute Gasteiger partial charge is 0.336 e. The van der Waals surface area contributed by atoms with Crippen LogP contribution in [0.1, 0.15) is 27.8 Å². The molecule has 0 aliphatic rings. The van der Waals surface area contributed by atoms with Gasteiger partial charge in [-0.3, -0.25) is 0 Å². The van der Waals surface area contributed by atoms with Crippen LogP contribution in [0.25, 0.3) is 6.08 Å². The van der Waals surface area contributed by atoms with Gasteiger partial charge in [0.1, 0.15) is 5.75 Å². The number of benzene rings is 2. The van der Waals surface area contributed by atoms with Crippen LogP contribution in [-0.2, 0) is 17.1 Å². The molecule has 0 aliphatic carbocycles. The Kier molecular flexibility index (Phi) is 6.51. The van der Waals surface area contributed by atoms with Gasteiger partial charge in [-0.15, -0.1) is 18.5 Å². The number of aryl methyl sites for hydroxylation is 2. The molecule has 0 aliphatic heterocycles. The fraction of sp³-hybridized carbons (Fsp3) is 0.211. The lowest BCUT2D eigenvalue weighted by molar-refractivity contribution is -0.128. The zero-order valence-electron chi connectivity index (χ0n) is 13.5. The molecule has 2 rings (SSSR count). The molecule has 4 heteroatoms. The maximum absolute atomic E-state index is 11.9. The van der Waals surface area contributed by atoms with Crippen molar-refractivity contribution < 1.29 is 9.53 Å². The van der Waals surface area contributed by atoms with Crippen LogP contribution in [0.3, 0.4) is 0 Å². The van der Waals surface area contributed by atoms with Gasteiger partial charge in [-0.05, 0) is 72.2 Å². The van der Waals surface area contributed by atoms with E-state index in [0.29, 0.717) is 5.75 Å². The minimum Gasteiger partial charge on any atom is -0.423 e. The van der Waals surface area contributed by atoms with Crippen LogP contribution in [0.2, 0.25) is 0 Å². The van der Waals surface area contributed by atoms with Crippen LogP contribution in [0.5, 0.6) is 5.75 Å². The Bertz CT molecular complexity index is 696. The molecule has 0 fully saturated rings. The Morgan fingerprint density at radius 3 is 2.17 bits per heavy atom. The largest absolute Gasteiger partial charge is 0.423 e. The number of carbonyl (C=O) groups excluding carboxylic acids is 1. The molecule has 0 amide bonds. The fourth-order valence-electron chi connectivity index (χ4n) is 2.45. The highest BCUT2D eigenvalue weighted by Crippen LogP contribution is 2.20. The normalized spacial score (nSPS) is 11.0. The lowest BCUT2D eigenvalue weighted by Crippen LogP contribution is -2.03. The predicted molar refractivity (Wildman–Crippen MR) is 104 cm³/mol. The van der Waals surface area contributed by atoms with E-state index in [4.69, 9.17) is 4.74 Å². The van der Waals surface area contributed by atoms with E-state index in [1.165, 1.54) is 28.3 Å². The van der Waals surface area contributed by atoms with Crippen LogP contribution in [0.4, 0.5) is 0 Å². The summed E-state index contributed by atoms with van der Waals surface area (Å²) < 4.78 is 5.31. The maximum Gasteiger partial charge on any atom is 0.336 e. The van der Waals surface area contributed by atoms with E-state index in [9.17, 15) is 4.79 Å². The predicted octanol–water partition coefficient (Wildman–Crippen LogP) is 4.67. The Morgan fingerprint density at radius 1 is 1.04 bits per heavy atom. The molecular formula is C19H22O2P2. The second-order valence-electron chi connectivity index (χ2n) is 5.44. The summed E-state index contributed by atoms with van der Waals surface area (Å²) in [5, 5.41) is 0. The molecule has 0 spiro atoms. The highest BCUT2D eigenvalue weighted by Gasteiger charge is 2.04. The highest BCUT2D eigenvalue weighted by atomic mass is 31.0. The lowest BCUT2D eigenvalue weighted by atomic mass is 10.0. The minimum atomic E-state index is -0.367.